The van der Waals surface area contributed by atoms with Crippen molar-refractivity contribution < 1.29 is 29.3 Å². The van der Waals surface area contributed by atoms with Crippen LogP contribution in [0.5, 0.6) is 0 Å². The van der Waals surface area contributed by atoms with Crippen LogP contribution in [0.1, 0.15) is 6.92 Å². The molecular formula is C9H15NO6. The summed E-state index contributed by atoms with van der Waals surface area (Å²) in [5, 5.41) is 21.6. The van der Waals surface area contributed by atoms with Crippen LogP contribution >= 0.6 is 0 Å². The molecule has 16 heavy (non-hydrogen) atoms. The van der Waals surface area contributed by atoms with Gasteiger partial charge in [0, 0.05) is 14.0 Å². The van der Waals surface area contributed by atoms with Gasteiger partial charge in [-0.25, -0.2) is 0 Å². The SMILES string of the molecule is CO[C@H]1O[C@H](C=O)[C@@H](O)[C@H](O)[C@H]1NC(C)=O. The normalized spacial score (nSPS) is 39.1. The van der Waals surface area contributed by atoms with Crippen molar-refractivity contribution in [3.05, 3.63) is 0 Å². The summed E-state index contributed by atoms with van der Waals surface area (Å²) in [5.41, 5.74) is 0. The molecule has 5 atom stereocenters. The third-order valence-electron chi connectivity index (χ3n) is 2.38. The molecule has 0 aliphatic carbocycles. The summed E-state index contributed by atoms with van der Waals surface area (Å²) in [6, 6.07) is -0.909. The van der Waals surface area contributed by atoms with Crippen LogP contribution in [-0.4, -0.2) is 60.2 Å². The van der Waals surface area contributed by atoms with Crippen LogP contribution in [-0.2, 0) is 19.1 Å². The summed E-state index contributed by atoms with van der Waals surface area (Å²) < 4.78 is 9.95. The zero-order valence-corrected chi connectivity index (χ0v) is 8.99. The number of ether oxygens (including phenoxy) is 2. The standard InChI is InChI=1S/C9H15NO6/c1-4(12)10-6-8(14)7(13)5(3-11)16-9(6)15-2/h3,5-9,13-14H,1-2H3,(H,10,12)/t5-,6-,7-,8-,9+/m1/s1. The van der Waals surface area contributed by atoms with Crippen molar-refractivity contribution in [1.29, 1.82) is 0 Å². The minimum Gasteiger partial charge on any atom is -0.388 e. The molecule has 0 radical (unpaired) electrons. The minimum absolute atomic E-state index is 0.379. The van der Waals surface area contributed by atoms with E-state index in [1.54, 1.807) is 0 Å². The summed E-state index contributed by atoms with van der Waals surface area (Å²) in [7, 11) is 1.31. The zero-order valence-electron chi connectivity index (χ0n) is 8.99. The van der Waals surface area contributed by atoms with Gasteiger partial charge < -0.3 is 29.8 Å². The molecular weight excluding hydrogens is 218 g/mol. The maximum atomic E-state index is 10.9. The maximum Gasteiger partial charge on any atom is 0.217 e. The Labute approximate surface area is 92.3 Å². The van der Waals surface area contributed by atoms with E-state index in [1.807, 2.05) is 0 Å². The largest absolute Gasteiger partial charge is 0.388 e. The van der Waals surface area contributed by atoms with Gasteiger partial charge in [0.2, 0.25) is 5.91 Å². The van der Waals surface area contributed by atoms with Gasteiger partial charge in [0.05, 0.1) is 0 Å². The number of hydrogen-bond donors (Lipinski definition) is 3. The highest BCUT2D eigenvalue weighted by molar-refractivity contribution is 5.73. The van der Waals surface area contributed by atoms with Gasteiger partial charge in [-0.1, -0.05) is 0 Å². The molecule has 1 rings (SSSR count). The van der Waals surface area contributed by atoms with Gasteiger partial charge in [-0.05, 0) is 0 Å². The number of methoxy groups -OCH3 is 1. The molecule has 92 valence electrons. The number of carbonyl (C=O) groups excluding carboxylic acids is 2. The van der Waals surface area contributed by atoms with Crippen molar-refractivity contribution in [1.82, 2.24) is 5.32 Å². The lowest BCUT2D eigenvalue weighted by molar-refractivity contribution is -0.247. The van der Waals surface area contributed by atoms with E-state index in [9.17, 15) is 19.8 Å². The topological polar surface area (TPSA) is 105 Å². The fourth-order valence-corrected chi connectivity index (χ4v) is 1.59. The third-order valence-corrected chi connectivity index (χ3v) is 2.38. The van der Waals surface area contributed by atoms with Crippen LogP contribution in [0, 0.1) is 0 Å². The Bertz CT molecular complexity index is 269. The molecule has 0 aromatic rings. The Morgan fingerprint density at radius 1 is 1.44 bits per heavy atom. The molecule has 0 saturated carbocycles. The number of rotatable bonds is 3. The Morgan fingerprint density at radius 2 is 2.06 bits per heavy atom. The number of nitrogens with one attached hydrogen (secondary N) is 1. The van der Waals surface area contributed by atoms with E-state index in [0.717, 1.165) is 0 Å². The van der Waals surface area contributed by atoms with Crippen molar-refractivity contribution in [2.45, 2.75) is 37.6 Å². The fraction of sp³-hybridized carbons (Fsp3) is 0.778. The molecule has 1 amide bonds. The molecule has 7 nitrogen and oxygen atoms in total. The predicted octanol–water partition coefficient (Wildman–Crippen LogP) is -2.22. The van der Waals surface area contributed by atoms with E-state index < -0.39 is 36.6 Å². The predicted molar refractivity (Wildman–Crippen MR) is 51.4 cm³/mol. The number of carbonyl (C=O) groups is 2. The van der Waals surface area contributed by atoms with Gasteiger partial charge in [-0.2, -0.15) is 0 Å². The first kappa shape index (κ1) is 13.0. The second kappa shape index (κ2) is 5.35. The highest BCUT2D eigenvalue weighted by atomic mass is 16.7. The first-order valence-electron chi connectivity index (χ1n) is 4.78. The van der Waals surface area contributed by atoms with Crippen LogP contribution in [0.2, 0.25) is 0 Å². The second-order valence-corrected chi connectivity index (χ2v) is 3.55. The Balaban J connectivity index is 2.81. The molecule has 0 spiro atoms. The van der Waals surface area contributed by atoms with Gasteiger partial charge in [0.1, 0.15) is 24.4 Å². The maximum absolute atomic E-state index is 10.9. The number of aliphatic hydroxyl groups is 2. The minimum atomic E-state index is -1.39. The summed E-state index contributed by atoms with van der Waals surface area (Å²) in [4.78, 5) is 21.5. The third kappa shape index (κ3) is 2.56. The van der Waals surface area contributed by atoms with Crippen LogP contribution in [0.3, 0.4) is 0 Å². The van der Waals surface area contributed by atoms with E-state index in [2.05, 4.69) is 5.32 Å². The summed E-state index contributed by atoms with van der Waals surface area (Å²) in [5.74, 6) is -0.397. The van der Waals surface area contributed by atoms with Crippen molar-refractivity contribution in [2.75, 3.05) is 7.11 Å². The monoisotopic (exact) mass is 233 g/mol. The van der Waals surface area contributed by atoms with Crippen LogP contribution < -0.4 is 5.32 Å². The van der Waals surface area contributed by atoms with Gasteiger partial charge in [0.25, 0.3) is 0 Å². The molecule has 1 heterocycles. The number of amides is 1. The lowest BCUT2D eigenvalue weighted by Crippen LogP contribution is -2.64. The average molecular weight is 233 g/mol. The second-order valence-electron chi connectivity index (χ2n) is 3.55. The van der Waals surface area contributed by atoms with E-state index in [1.165, 1.54) is 14.0 Å². The number of aldehydes is 1. The van der Waals surface area contributed by atoms with E-state index in [-0.39, 0.29) is 0 Å². The van der Waals surface area contributed by atoms with Crippen LogP contribution in [0.15, 0.2) is 0 Å². The molecule has 1 saturated heterocycles. The van der Waals surface area contributed by atoms with E-state index in [4.69, 9.17) is 9.47 Å². The smallest absolute Gasteiger partial charge is 0.217 e. The van der Waals surface area contributed by atoms with Crippen LogP contribution in [0.4, 0.5) is 0 Å². The highest BCUT2D eigenvalue weighted by Gasteiger charge is 2.45. The Morgan fingerprint density at radius 3 is 2.50 bits per heavy atom. The molecule has 0 aromatic carbocycles. The van der Waals surface area contributed by atoms with Crippen molar-refractivity contribution in [3.8, 4) is 0 Å². The molecule has 7 heteroatoms. The molecule has 1 fully saturated rings. The van der Waals surface area contributed by atoms with Gasteiger partial charge >= 0.3 is 0 Å². The van der Waals surface area contributed by atoms with Gasteiger partial charge in [-0.15, -0.1) is 0 Å². The average Bonchev–Trinajstić information content (AvgIpc) is 2.25. The van der Waals surface area contributed by atoms with Crippen molar-refractivity contribution in [3.63, 3.8) is 0 Å². The zero-order chi connectivity index (χ0) is 12.3. The molecule has 3 N–H and O–H groups in total. The van der Waals surface area contributed by atoms with Crippen molar-refractivity contribution in [2.24, 2.45) is 0 Å². The highest BCUT2D eigenvalue weighted by Crippen LogP contribution is 2.20. The van der Waals surface area contributed by atoms with Gasteiger partial charge in [0.15, 0.2) is 12.6 Å². The Kier molecular flexibility index (Phi) is 4.36. The number of hydrogen-bond acceptors (Lipinski definition) is 6. The van der Waals surface area contributed by atoms with E-state index >= 15 is 0 Å². The number of aliphatic hydroxyl groups excluding tert-OH is 2. The molecule has 1 aliphatic rings. The first-order valence-corrected chi connectivity index (χ1v) is 4.78. The Hall–Kier alpha value is -1.02. The van der Waals surface area contributed by atoms with Crippen LogP contribution in [0.25, 0.3) is 0 Å². The lowest BCUT2D eigenvalue weighted by atomic mass is 9.97. The van der Waals surface area contributed by atoms with Gasteiger partial charge in [-0.3, -0.25) is 4.79 Å². The quantitative estimate of drug-likeness (QED) is 0.477. The van der Waals surface area contributed by atoms with E-state index in [0.29, 0.717) is 6.29 Å². The first-order chi connectivity index (χ1) is 7.51. The fourth-order valence-electron chi connectivity index (χ4n) is 1.59. The molecule has 0 aromatic heterocycles. The molecule has 0 bridgehead atoms. The summed E-state index contributed by atoms with van der Waals surface area (Å²) >= 11 is 0. The molecule has 1 aliphatic heterocycles. The lowest BCUT2D eigenvalue weighted by Gasteiger charge is -2.40. The van der Waals surface area contributed by atoms with Crippen molar-refractivity contribution >= 4 is 12.2 Å². The summed E-state index contributed by atoms with van der Waals surface area (Å²) in [6.07, 6.45) is -4.47. The summed E-state index contributed by atoms with van der Waals surface area (Å²) in [6.45, 7) is 1.26. The molecule has 0 unspecified atom stereocenters.